The molecule has 2 aromatic carbocycles. The number of rotatable bonds is 14. The van der Waals surface area contributed by atoms with Crippen molar-refractivity contribution in [2.24, 2.45) is 0 Å². The van der Waals surface area contributed by atoms with Crippen molar-refractivity contribution in [1.82, 2.24) is 0 Å². The van der Waals surface area contributed by atoms with Crippen LogP contribution < -0.4 is 4.74 Å². The minimum Gasteiger partial charge on any atom is -0.457 e. The third-order valence-electron chi connectivity index (χ3n) is 4.28. The molecule has 2 aromatic rings. The summed E-state index contributed by atoms with van der Waals surface area (Å²) in [6.45, 7) is 0.521. The van der Waals surface area contributed by atoms with Gasteiger partial charge in [0, 0.05) is 31.3 Å². The molecular weight excluding hydrogens is 597 g/mol. The number of benzene rings is 2. The van der Waals surface area contributed by atoms with E-state index in [1.54, 1.807) is 24.3 Å². The van der Waals surface area contributed by atoms with Gasteiger partial charge in [-0.15, -0.1) is 0 Å². The number of ether oxygens (including phenoxy) is 5. The fourth-order valence-corrected chi connectivity index (χ4v) is 4.47. The highest BCUT2D eigenvalue weighted by Crippen LogP contribution is 2.63. The van der Waals surface area contributed by atoms with E-state index in [4.69, 9.17) is 23.3 Å². The van der Waals surface area contributed by atoms with E-state index in [1.165, 1.54) is 6.07 Å². The van der Waals surface area contributed by atoms with Gasteiger partial charge in [0.15, 0.2) is 12.6 Å². The van der Waals surface area contributed by atoms with Crippen LogP contribution in [0.15, 0.2) is 46.9 Å². The molecule has 0 saturated carbocycles. The Morgan fingerprint density at radius 1 is 0.868 bits per heavy atom. The van der Waals surface area contributed by atoms with Crippen molar-refractivity contribution in [2.45, 2.75) is 26.6 Å². The third kappa shape index (κ3) is 9.84. The molecule has 0 amide bonds. The van der Waals surface area contributed by atoms with Gasteiger partial charge in [0.05, 0.1) is 10.5 Å². The first-order chi connectivity index (χ1) is 17.9. The van der Waals surface area contributed by atoms with E-state index in [-0.39, 0.29) is 11.3 Å². The highest BCUT2D eigenvalue weighted by Gasteiger charge is 2.43. The summed E-state index contributed by atoms with van der Waals surface area (Å²) in [7, 11) is -4.73. The van der Waals surface area contributed by atoms with Crippen molar-refractivity contribution in [1.29, 1.82) is 0 Å². The average Bonchev–Trinajstić information content (AvgIpc) is 2.82. The minimum atomic E-state index is -4.73. The number of hydrogen-bond acceptors (Lipinski definition) is 13. The number of nitrogens with zero attached hydrogens (tertiary/aromatic N) is 1. The number of carbonyl (C=O) groups is 3. The molecule has 16 heteroatoms. The normalized spacial score (nSPS) is 11.8. The summed E-state index contributed by atoms with van der Waals surface area (Å²) in [5.41, 5.74) is -0.959. The standard InChI is InChI=1S/C22H23BrNO13P/c1-14(25)31-11-34-22(38(30,35-12-32-15(2)26)36-13-33-16(3)27)20-10-19(8-9-21(20)24(28)29)37-18-6-4-17(23)5-7-18/h4-10,22H,11-13H2,1-3H3. The minimum absolute atomic E-state index is 0.0699. The van der Waals surface area contributed by atoms with Crippen molar-refractivity contribution >= 4 is 47.1 Å². The number of esters is 3. The molecule has 14 nitrogen and oxygen atoms in total. The topological polar surface area (TPSA) is 176 Å². The van der Waals surface area contributed by atoms with E-state index in [1.807, 2.05) is 0 Å². The molecule has 1 atom stereocenters. The molecule has 0 aliphatic heterocycles. The lowest BCUT2D eigenvalue weighted by molar-refractivity contribution is -0.386. The molecule has 0 radical (unpaired) electrons. The number of nitro groups is 1. The van der Waals surface area contributed by atoms with Gasteiger partial charge >= 0.3 is 25.5 Å². The van der Waals surface area contributed by atoms with Crippen LogP contribution in [0.1, 0.15) is 32.2 Å². The molecule has 0 saturated heterocycles. The Hall–Kier alpha value is -3.36. The van der Waals surface area contributed by atoms with E-state index in [2.05, 4.69) is 25.4 Å². The van der Waals surface area contributed by atoms with Crippen molar-refractivity contribution in [3.63, 3.8) is 0 Å². The average molecular weight is 620 g/mol. The maximum absolute atomic E-state index is 13.9. The van der Waals surface area contributed by atoms with Gasteiger partial charge in [-0.05, 0) is 36.4 Å². The van der Waals surface area contributed by atoms with Crippen LogP contribution in [0.3, 0.4) is 0 Å². The van der Waals surface area contributed by atoms with Gasteiger partial charge in [-0.1, -0.05) is 15.9 Å². The second-order valence-electron chi connectivity index (χ2n) is 7.11. The molecule has 2 rings (SSSR count). The number of hydrogen-bond donors (Lipinski definition) is 0. The molecule has 0 aromatic heterocycles. The van der Waals surface area contributed by atoms with Gasteiger partial charge in [0.2, 0.25) is 13.6 Å². The Balaban J connectivity index is 2.57. The Morgan fingerprint density at radius 3 is 1.87 bits per heavy atom. The highest BCUT2D eigenvalue weighted by atomic mass is 79.9. The summed E-state index contributed by atoms with van der Waals surface area (Å²) in [6, 6.07) is 10.1. The Labute approximate surface area is 224 Å². The quantitative estimate of drug-likeness (QED) is 0.0693. The maximum atomic E-state index is 13.9. The van der Waals surface area contributed by atoms with E-state index in [0.717, 1.165) is 37.4 Å². The van der Waals surface area contributed by atoms with Gasteiger partial charge in [0.1, 0.15) is 11.5 Å². The number of halogens is 1. The van der Waals surface area contributed by atoms with E-state index in [0.29, 0.717) is 5.75 Å². The predicted molar refractivity (Wildman–Crippen MR) is 131 cm³/mol. The Morgan fingerprint density at radius 2 is 1.37 bits per heavy atom. The van der Waals surface area contributed by atoms with Crippen molar-refractivity contribution in [2.75, 3.05) is 20.4 Å². The van der Waals surface area contributed by atoms with Crippen LogP contribution in [0.5, 0.6) is 11.5 Å². The van der Waals surface area contributed by atoms with E-state index < -0.39 is 62.3 Å². The van der Waals surface area contributed by atoms with Gasteiger partial charge in [0.25, 0.3) is 5.69 Å². The lowest BCUT2D eigenvalue weighted by Gasteiger charge is -2.26. The molecule has 206 valence electrons. The summed E-state index contributed by atoms with van der Waals surface area (Å²) in [6.07, 6.45) is 0. The summed E-state index contributed by atoms with van der Waals surface area (Å²) in [5, 5.41) is 11.9. The van der Waals surface area contributed by atoms with Crippen molar-refractivity contribution < 1.29 is 56.6 Å². The SMILES string of the molecule is CC(=O)OCOC(c1cc(Oc2ccc(Br)cc2)ccc1[N+](=O)[O-])P(=O)(OCOC(C)=O)OCOC(C)=O. The molecule has 0 heterocycles. The van der Waals surface area contributed by atoms with Crippen LogP contribution >= 0.6 is 23.5 Å². The molecule has 0 aliphatic rings. The van der Waals surface area contributed by atoms with Crippen molar-refractivity contribution in [3.05, 3.63) is 62.6 Å². The Kier molecular flexibility index (Phi) is 11.8. The first-order valence-corrected chi connectivity index (χ1v) is 12.9. The molecule has 0 fully saturated rings. The molecule has 0 aliphatic carbocycles. The largest absolute Gasteiger partial charge is 0.457 e. The first kappa shape index (κ1) is 30.9. The zero-order chi connectivity index (χ0) is 28.3. The van der Waals surface area contributed by atoms with Gasteiger partial charge < -0.3 is 23.7 Å². The van der Waals surface area contributed by atoms with Crippen molar-refractivity contribution in [3.8, 4) is 11.5 Å². The highest BCUT2D eigenvalue weighted by molar-refractivity contribution is 9.10. The molecule has 0 bridgehead atoms. The lowest BCUT2D eigenvalue weighted by atomic mass is 10.1. The maximum Gasteiger partial charge on any atom is 0.369 e. The second kappa shape index (κ2) is 14.5. The number of carbonyl (C=O) groups excluding carboxylic acids is 3. The van der Waals surface area contributed by atoms with E-state index in [9.17, 15) is 29.1 Å². The summed E-state index contributed by atoms with van der Waals surface area (Å²) < 4.78 is 50.2. The van der Waals surface area contributed by atoms with Crippen LogP contribution in [0, 0.1) is 10.1 Å². The zero-order valence-corrected chi connectivity index (χ0v) is 22.8. The molecular formula is C22H23BrNO13P. The fraction of sp³-hybridized carbons (Fsp3) is 0.318. The van der Waals surface area contributed by atoms with Gasteiger partial charge in [-0.2, -0.15) is 0 Å². The lowest BCUT2D eigenvalue weighted by Crippen LogP contribution is -2.17. The Bertz CT molecular complexity index is 1180. The smallest absolute Gasteiger partial charge is 0.369 e. The second-order valence-corrected chi connectivity index (χ2v) is 10.1. The number of nitro benzene ring substituents is 1. The molecule has 0 N–H and O–H groups in total. The van der Waals surface area contributed by atoms with Gasteiger partial charge in [-0.25, -0.2) is 0 Å². The summed E-state index contributed by atoms with van der Waals surface area (Å²) >= 11 is 3.30. The first-order valence-electron chi connectivity index (χ1n) is 10.5. The summed E-state index contributed by atoms with van der Waals surface area (Å²) in [5.74, 6) is -3.88. The molecule has 1 unspecified atom stereocenters. The third-order valence-corrected chi connectivity index (χ3v) is 6.74. The molecule has 38 heavy (non-hydrogen) atoms. The fourth-order valence-electron chi connectivity index (χ4n) is 2.67. The van der Waals surface area contributed by atoms with Crippen LogP contribution in [0.2, 0.25) is 0 Å². The van der Waals surface area contributed by atoms with Crippen LogP contribution in [-0.2, 0) is 46.9 Å². The van der Waals surface area contributed by atoms with Crippen LogP contribution in [0.25, 0.3) is 0 Å². The summed E-state index contributed by atoms with van der Waals surface area (Å²) in [4.78, 5) is 44.8. The predicted octanol–water partition coefficient (Wildman–Crippen LogP) is 4.95. The monoisotopic (exact) mass is 619 g/mol. The van der Waals surface area contributed by atoms with E-state index >= 15 is 0 Å². The van der Waals surface area contributed by atoms with Crippen LogP contribution in [0.4, 0.5) is 5.69 Å². The van der Waals surface area contributed by atoms with Crippen LogP contribution in [-0.4, -0.2) is 43.2 Å². The van der Waals surface area contributed by atoms with Gasteiger partial charge in [-0.3, -0.25) is 38.1 Å². The zero-order valence-electron chi connectivity index (χ0n) is 20.3. The molecule has 0 spiro atoms.